The number of nitrogens with zero attached hydrogens (tertiary/aromatic N) is 2. The molecule has 0 atom stereocenters. The van der Waals surface area contributed by atoms with Crippen LogP contribution >= 0.6 is 0 Å². The highest BCUT2D eigenvalue weighted by Crippen LogP contribution is 2.19. The molecule has 0 aromatic heterocycles. The minimum absolute atomic E-state index is 0.0893. The third-order valence-electron chi connectivity index (χ3n) is 3.71. The number of hydrogen-bond acceptors (Lipinski definition) is 3. The molecular formula is C15H22FN3O. The van der Waals surface area contributed by atoms with Crippen molar-refractivity contribution in [1.29, 1.82) is 0 Å². The van der Waals surface area contributed by atoms with Gasteiger partial charge in [0.1, 0.15) is 5.82 Å². The average Bonchev–Trinajstić information content (AvgIpc) is 2.43. The van der Waals surface area contributed by atoms with E-state index in [1.165, 1.54) is 6.07 Å². The number of carbonyl (C=O) groups excluding carboxylic acids is 1. The summed E-state index contributed by atoms with van der Waals surface area (Å²) in [6.45, 7) is 7.81. The Morgan fingerprint density at radius 3 is 2.55 bits per heavy atom. The summed E-state index contributed by atoms with van der Waals surface area (Å²) >= 11 is 0. The topological polar surface area (TPSA) is 49.6 Å². The summed E-state index contributed by atoms with van der Waals surface area (Å²) in [7, 11) is 0. The van der Waals surface area contributed by atoms with E-state index in [1.807, 2.05) is 0 Å². The standard InChI is InChI=1S/C15H22FN3O/c1-3-4-18-5-7-19(8-6-18)15(20)13-10-12(17)9-11(2)14(13)16/h9-10H,3-8,17H2,1-2H3. The molecule has 2 N–H and O–H groups in total. The van der Waals surface area contributed by atoms with Crippen LogP contribution in [-0.2, 0) is 0 Å². The second-order valence-electron chi connectivity index (χ2n) is 5.33. The SMILES string of the molecule is CCCN1CCN(C(=O)c2cc(N)cc(C)c2F)CC1. The average molecular weight is 279 g/mol. The highest BCUT2D eigenvalue weighted by molar-refractivity contribution is 5.95. The molecule has 1 saturated heterocycles. The van der Waals surface area contributed by atoms with Gasteiger partial charge in [-0.25, -0.2) is 4.39 Å². The molecule has 2 rings (SSSR count). The Morgan fingerprint density at radius 2 is 1.95 bits per heavy atom. The number of anilines is 1. The van der Waals surface area contributed by atoms with Gasteiger partial charge in [0.05, 0.1) is 5.56 Å². The number of halogens is 1. The van der Waals surface area contributed by atoms with Crippen molar-refractivity contribution < 1.29 is 9.18 Å². The fraction of sp³-hybridized carbons (Fsp3) is 0.533. The first-order chi connectivity index (χ1) is 9.52. The smallest absolute Gasteiger partial charge is 0.257 e. The molecule has 0 radical (unpaired) electrons. The second kappa shape index (κ2) is 6.22. The third-order valence-corrected chi connectivity index (χ3v) is 3.71. The second-order valence-corrected chi connectivity index (χ2v) is 5.33. The van der Waals surface area contributed by atoms with E-state index in [9.17, 15) is 9.18 Å². The number of carbonyl (C=O) groups is 1. The van der Waals surface area contributed by atoms with Gasteiger partial charge in [0.2, 0.25) is 0 Å². The first-order valence-corrected chi connectivity index (χ1v) is 7.10. The van der Waals surface area contributed by atoms with Gasteiger partial charge in [-0.2, -0.15) is 0 Å². The number of benzene rings is 1. The predicted octanol–water partition coefficient (Wildman–Crippen LogP) is 1.88. The highest BCUT2D eigenvalue weighted by Gasteiger charge is 2.24. The fourth-order valence-electron chi connectivity index (χ4n) is 2.61. The quantitative estimate of drug-likeness (QED) is 0.860. The van der Waals surface area contributed by atoms with Crippen molar-refractivity contribution in [3.05, 3.63) is 29.1 Å². The Kier molecular flexibility index (Phi) is 4.60. The lowest BCUT2D eigenvalue weighted by molar-refractivity contribution is 0.0633. The zero-order chi connectivity index (χ0) is 14.7. The largest absolute Gasteiger partial charge is 0.399 e. The molecule has 20 heavy (non-hydrogen) atoms. The summed E-state index contributed by atoms with van der Waals surface area (Å²) in [5, 5.41) is 0. The van der Waals surface area contributed by atoms with Crippen LogP contribution in [0.4, 0.5) is 10.1 Å². The van der Waals surface area contributed by atoms with Crippen molar-refractivity contribution in [2.24, 2.45) is 0 Å². The van der Waals surface area contributed by atoms with Crippen LogP contribution in [0, 0.1) is 12.7 Å². The van der Waals surface area contributed by atoms with Crippen LogP contribution in [0.5, 0.6) is 0 Å². The Balaban J connectivity index is 2.09. The molecule has 4 nitrogen and oxygen atoms in total. The molecular weight excluding hydrogens is 257 g/mol. The minimum Gasteiger partial charge on any atom is -0.399 e. The van der Waals surface area contributed by atoms with Crippen molar-refractivity contribution in [2.45, 2.75) is 20.3 Å². The molecule has 0 spiro atoms. The summed E-state index contributed by atoms with van der Waals surface area (Å²) in [6, 6.07) is 2.98. The lowest BCUT2D eigenvalue weighted by atomic mass is 10.1. The molecule has 0 unspecified atom stereocenters. The maximum absolute atomic E-state index is 14.1. The number of nitrogen functional groups attached to an aromatic ring is 1. The summed E-state index contributed by atoms with van der Waals surface area (Å²) in [4.78, 5) is 16.4. The maximum atomic E-state index is 14.1. The molecule has 0 saturated carbocycles. The normalized spacial score (nSPS) is 16.4. The van der Waals surface area contributed by atoms with Gasteiger partial charge in [-0.3, -0.25) is 9.69 Å². The lowest BCUT2D eigenvalue weighted by Crippen LogP contribution is -2.49. The van der Waals surface area contributed by atoms with Crippen molar-refractivity contribution >= 4 is 11.6 Å². The van der Waals surface area contributed by atoms with Crippen LogP contribution in [0.2, 0.25) is 0 Å². The van der Waals surface area contributed by atoms with E-state index in [2.05, 4.69) is 11.8 Å². The summed E-state index contributed by atoms with van der Waals surface area (Å²) in [5.41, 5.74) is 6.64. The van der Waals surface area contributed by atoms with E-state index in [0.717, 1.165) is 26.1 Å². The lowest BCUT2D eigenvalue weighted by Gasteiger charge is -2.34. The Morgan fingerprint density at radius 1 is 1.30 bits per heavy atom. The molecule has 0 bridgehead atoms. The molecule has 1 aliphatic heterocycles. The van der Waals surface area contributed by atoms with Crippen molar-refractivity contribution in [2.75, 3.05) is 38.5 Å². The van der Waals surface area contributed by atoms with E-state index in [-0.39, 0.29) is 11.5 Å². The Labute approximate surface area is 119 Å². The first-order valence-electron chi connectivity index (χ1n) is 7.10. The molecule has 0 aliphatic carbocycles. The molecule has 1 aromatic rings. The van der Waals surface area contributed by atoms with E-state index >= 15 is 0 Å². The van der Waals surface area contributed by atoms with Gasteiger partial charge in [0.25, 0.3) is 5.91 Å². The van der Waals surface area contributed by atoms with Gasteiger partial charge in [0, 0.05) is 31.9 Å². The van der Waals surface area contributed by atoms with Gasteiger partial charge in [-0.05, 0) is 37.6 Å². The molecule has 1 amide bonds. The van der Waals surface area contributed by atoms with Gasteiger partial charge in [-0.15, -0.1) is 0 Å². The number of aryl methyl sites for hydroxylation is 1. The van der Waals surface area contributed by atoms with E-state index in [4.69, 9.17) is 5.73 Å². The van der Waals surface area contributed by atoms with Gasteiger partial charge < -0.3 is 10.6 Å². The van der Waals surface area contributed by atoms with Gasteiger partial charge in [-0.1, -0.05) is 6.92 Å². The van der Waals surface area contributed by atoms with Crippen LogP contribution < -0.4 is 5.73 Å². The van der Waals surface area contributed by atoms with Crippen LogP contribution in [0.1, 0.15) is 29.3 Å². The van der Waals surface area contributed by atoms with E-state index < -0.39 is 5.82 Å². The minimum atomic E-state index is -0.458. The highest BCUT2D eigenvalue weighted by atomic mass is 19.1. The number of piperazine rings is 1. The van der Waals surface area contributed by atoms with Crippen LogP contribution in [-0.4, -0.2) is 48.4 Å². The number of nitrogens with two attached hydrogens (primary N) is 1. The number of amides is 1. The van der Waals surface area contributed by atoms with E-state index in [0.29, 0.717) is 24.3 Å². The molecule has 1 heterocycles. The fourth-order valence-corrected chi connectivity index (χ4v) is 2.61. The van der Waals surface area contributed by atoms with Crippen molar-refractivity contribution in [3.8, 4) is 0 Å². The van der Waals surface area contributed by atoms with Gasteiger partial charge in [0.15, 0.2) is 0 Å². The molecule has 1 fully saturated rings. The Bertz CT molecular complexity index is 496. The molecule has 110 valence electrons. The molecule has 1 aliphatic rings. The van der Waals surface area contributed by atoms with Crippen LogP contribution in [0.3, 0.4) is 0 Å². The zero-order valence-corrected chi connectivity index (χ0v) is 12.2. The maximum Gasteiger partial charge on any atom is 0.257 e. The van der Waals surface area contributed by atoms with Crippen molar-refractivity contribution in [3.63, 3.8) is 0 Å². The summed E-state index contributed by atoms with van der Waals surface area (Å²) in [5.74, 6) is -0.714. The third kappa shape index (κ3) is 3.10. The molecule has 5 heteroatoms. The Hall–Kier alpha value is -1.62. The van der Waals surface area contributed by atoms with Crippen LogP contribution in [0.25, 0.3) is 0 Å². The summed E-state index contributed by atoms with van der Waals surface area (Å²) < 4.78 is 14.1. The van der Waals surface area contributed by atoms with Gasteiger partial charge >= 0.3 is 0 Å². The zero-order valence-electron chi connectivity index (χ0n) is 12.2. The van der Waals surface area contributed by atoms with Crippen LogP contribution in [0.15, 0.2) is 12.1 Å². The summed E-state index contributed by atoms with van der Waals surface area (Å²) in [6.07, 6.45) is 1.11. The number of rotatable bonds is 3. The first kappa shape index (κ1) is 14.8. The predicted molar refractivity (Wildman–Crippen MR) is 78.2 cm³/mol. The van der Waals surface area contributed by atoms with E-state index in [1.54, 1.807) is 17.9 Å². The molecule has 1 aromatic carbocycles. The number of hydrogen-bond donors (Lipinski definition) is 1. The van der Waals surface area contributed by atoms with Crippen molar-refractivity contribution in [1.82, 2.24) is 9.80 Å². The monoisotopic (exact) mass is 279 g/mol.